The van der Waals surface area contributed by atoms with Crippen molar-refractivity contribution in [2.45, 2.75) is 31.6 Å². The molecule has 126 valence electrons. The van der Waals surface area contributed by atoms with Crippen LogP contribution in [0.1, 0.15) is 25.3 Å². The van der Waals surface area contributed by atoms with Crippen molar-refractivity contribution >= 4 is 28.2 Å². The second-order valence-corrected chi connectivity index (χ2v) is 7.09. The number of rotatable bonds is 9. The van der Waals surface area contributed by atoms with E-state index in [9.17, 15) is 13.2 Å². The molecule has 0 aliphatic rings. The van der Waals surface area contributed by atoms with E-state index < -0.39 is 9.84 Å². The molecule has 22 heavy (non-hydrogen) atoms. The molecular weight excluding hydrogens is 324 g/mol. The average Bonchev–Trinajstić information content (AvgIpc) is 2.45. The second kappa shape index (κ2) is 10.6. The Morgan fingerprint density at radius 3 is 2.32 bits per heavy atom. The third-order valence-electron chi connectivity index (χ3n) is 3.03. The van der Waals surface area contributed by atoms with Crippen LogP contribution in [0.3, 0.4) is 0 Å². The molecule has 0 aliphatic carbocycles. The molecule has 2 N–H and O–H groups in total. The zero-order chi connectivity index (χ0) is 15.7. The van der Waals surface area contributed by atoms with Gasteiger partial charge >= 0.3 is 0 Å². The lowest BCUT2D eigenvalue weighted by molar-refractivity contribution is -0.120. The molecule has 1 rings (SSSR count). The first-order valence-electron chi connectivity index (χ1n) is 7.22. The van der Waals surface area contributed by atoms with Crippen molar-refractivity contribution in [2.75, 3.05) is 25.4 Å². The summed E-state index contributed by atoms with van der Waals surface area (Å²) >= 11 is 0. The van der Waals surface area contributed by atoms with E-state index in [0.29, 0.717) is 13.1 Å². The Morgan fingerprint density at radius 1 is 1.09 bits per heavy atom. The van der Waals surface area contributed by atoms with Crippen LogP contribution in [-0.4, -0.2) is 39.7 Å². The molecule has 0 fully saturated rings. The number of nitrogens with one attached hydrogen (secondary N) is 2. The van der Waals surface area contributed by atoms with E-state index in [2.05, 4.69) is 17.6 Å². The van der Waals surface area contributed by atoms with Crippen molar-refractivity contribution in [2.24, 2.45) is 0 Å². The quantitative estimate of drug-likeness (QED) is 0.666. The van der Waals surface area contributed by atoms with Crippen molar-refractivity contribution in [3.63, 3.8) is 0 Å². The van der Waals surface area contributed by atoms with Gasteiger partial charge in [0.05, 0.1) is 10.6 Å². The van der Waals surface area contributed by atoms with Crippen LogP contribution >= 0.6 is 12.4 Å². The SMILES string of the molecule is CCCNCCNC(=O)CCS(=O)(=O)c1ccc(C)cc1.Cl. The predicted molar refractivity (Wildman–Crippen MR) is 91.3 cm³/mol. The number of amides is 1. The minimum atomic E-state index is -3.39. The van der Waals surface area contributed by atoms with Gasteiger partial charge in [-0.3, -0.25) is 4.79 Å². The van der Waals surface area contributed by atoms with Gasteiger partial charge in [-0.2, -0.15) is 0 Å². The Kier molecular flexibility index (Phi) is 10.1. The van der Waals surface area contributed by atoms with Crippen molar-refractivity contribution in [1.82, 2.24) is 10.6 Å². The third-order valence-corrected chi connectivity index (χ3v) is 4.76. The van der Waals surface area contributed by atoms with Gasteiger partial charge in [0.1, 0.15) is 0 Å². The molecule has 0 aliphatic heterocycles. The summed E-state index contributed by atoms with van der Waals surface area (Å²) in [6.45, 7) is 6.10. The Labute approximate surface area is 139 Å². The fraction of sp³-hybridized carbons (Fsp3) is 0.533. The number of hydrogen-bond donors (Lipinski definition) is 2. The summed E-state index contributed by atoms with van der Waals surface area (Å²) in [5.74, 6) is -0.395. The van der Waals surface area contributed by atoms with Gasteiger partial charge in [0, 0.05) is 19.5 Å². The van der Waals surface area contributed by atoms with Gasteiger partial charge < -0.3 is 10.6 Å². The minimum Gasteiger partial charge on any atom is -0.355 e. The number of aryl methyl sites for hydroxylation is 1. The summed E-state index contributed by atoms with van der Waals surface area (Å²) < 4.78 is 24.1. The van der Waals surface area contributed by atoms with Gasteiger partial charge in [0.2, 0.25) is 5.91 Å². The summed E-state index contributed by atoms with van der Waals surface area (Å²) in [5, 5.41) is 5.87. The molecule has 0 radical (unpaired) electrons. The zero-order valence-corrected chi connectivity index (χ0v) is 14.7. The zero-order valence-electron chi connectivity index (χ0n) is 13.1. The summed E-state index contributed by atoms with van der Waals surface area (Å²) in [4.78, 5) is 11.9. The Balaban J connectivity index is 0.00000441. The fourth-order valence-electron chi connectivity index (χ4n) is 1.77. The second-order valence-electron chi connectivity index (χ2n) is 4.98. The van der Waals surface area contributed by atoms with E-state index in [1.54, 1.807) is 24.3 Å². The number of halogens is 1. The summed E-state index contributed by atoms with van der Waals surface area (Å²) in [7, 11) is -3.39. The highest BCUT2D eigenvalue weighted by molar-refractivity contribution is 7.91. The van der Waals surface area contributed by atoms with E-state index in [1.165, 1.54) is 0 Å². The van der Waals surface area contributed by atoms with Crippen LogP contribution < -0.4 is 10.6 Å². The molecule has 5 nitrogen and oxygen atoms in total. The molecule has 0 bridgehead atoms. The van der Waals surface area contributed by atoms with Crippen LogP contribution in [-0.2, 0) is 14.6 Å². The lowest BCUT2D eigenvalue weighted by Crippen LogP contribution is -2.32. The summed E-state index contributed by atoms with van der Waals surface area (Å²) in [5.41, 5.74) is 1.01. The molecule has 1 aromatic rings. The Morgan fingerprint density at radius 2 is 1.73 bits per heavy atom. The number of sulfone groups is 1. The maximum atomic E-state index is 12.1. The third kappa shape index (κ3) is 7.77. The Bertz CT molecular complexity index is 544. The average molecular weight is 349 g/mol. The van der Waals surface area contributed by atoms with Gasteiger partial charge in [-0.1, -0.05) is 24.6 Å². The smallest absolute Gasteiger partial charge is 0.221 e. The van der Waals surface area contributed by atoms with E-state index in [-0.39, 0.29) is 35.4 Å². The van der Waals surface area contributed by atoms with Crippen LogP contribution in [0.5, 0.6) is 0 Å². The van der Waals surface area contributed by atoms with E-state index in [0.717, 1.165) is 18.5 Å². The minimum absolute atomic E-state index is 0. The number of carbonyl (C=O) groups is 1. The molecule has 7 heteroatoms. The lowest BCUT2D eigenvalue weighted by Gasteiger charge is -2.07. The van der Waals surface area contributed by atoms with Crippen LogP contribution in [0.2, 0.25) is 0 Å². The highest BCUT2D eigenvalue weighted by Gasteiger charge is 2.15. The topological polar surface area (TPSA) is 75.3 Å². The van der Waals surface area contributed by atoms with Crippen LogP contribution in [0.25, 0.3) is 0 Å². The van der Waals surface area contributed by atoms with Gasteiger partial charge in [-0.05, 0) is 32.0 Å². The molecule has 0 aromatic heterocycles. The number of carbonyl (C=O) groups excluding carboxylic acids is 1. The Hall–Kier alpha value is -1.11. The highest BCUT2D eigenvalue weighted by Crippen LogP contribution is 2.12. The fourth-order valence-corrected chi connectivity index (χ4v) is 3.01. The molecule has 0 atom stereocenters. The van der Waals surface area contributed by atoms with E-state index in [1.807, 2.05) is 6.92 Å². The summed E-state index contributed by atoms with van der Waals surface area (Å²) in [6.07, 6.45) is 1.03. The van der Waals surface area contributed by atoms with Crippen LogP contribution in [0.4, 0.5) is 0 Å². The number of hydrogen-bond acceptors (Lipinski definition) is 4. The maximum absolute atomic E-state index is 12.1. The molecule has 1 aromatic carbocycles. The van der Waals surface area contributed by atoms with Gasteiger partial charge in [-0.25, -0.2) is 8.42 Å². The first kappa shape index (κ1) is 20.9. The number of benzene rings is 1. The summed E-state index contributed by atoms with van der Waals surface area (Å²) in [6, 6.07) is 6.67. The first-order valence-corrected chi connectivity index (χ1v) is 8.88. The molecule has 0 spiro atoms. The standard InChI is InChI=1S/C15H24N2O3S.ClH/c1-3-9-16-10-11-17-15(18)8-12-21(19,20)14-6-4-13(2)5-7-14;/h4-7,16H,3,8-12H2,1-2H3,(H,17,18);1H. The molecular formula is C15H25ClN2O3S. The molecule has 0 heterocycles. The predicted octanol–water partition coefficient (Wildman–Crippen LogP) is 1.70. The monoisotopic (exact) mass is 348 g/mol. The van der Waals surface area contributed by atoms with E-state index >= 15 is 0 Å². The molecule has 0 saturated carbocycles. The van der Waals surface area contributed by atoms with Crippen LogP contribution in [0, 0.1) is 6.92 Å². The first-order chi connectivity index (χ1) is 9.95. The normalized spacial score (nSPS) is 10.8. The molecule has 0 unspecified atom stereocenters. The lowest BCUT2D eigenvalue weighted by atomic mass is 10.2. The largest absolute Gasteiger partial charge is 0.355 e. The molecule has 1 amide bonds. The molecule has 0 saturated heterocycles. The van der Waals surface area contributed by atoms with Gasteiger partial charge in [-0.15, -0.1) is 12.4 Å². The van der Waals surface area contributed by atoms with Crippen molar-refractivity contribution < 1.29 is 13.2 Å². The van der Waals surface area contributed by atoms with Crippen molar-refractivity contribution in [3.05, 3.63) is 29.8 Å². The van der Waals surface area contributed by atoms with Gasteiger partial charge in [0.15, 0.2) is 9.84 Å². The maximum Gasteiger partial charge on any atom is 0.221 e. The highest BCUT2D eigenvalue weighted by atomic mass is 35.5. The van der Waals surface area contributed by atoms with E-state index in [4.69, 9.17) is 0 Å². The van der Waals surface area contributed by atoms with Crippen molar-refractivity contribution in [3.8, 4) is 0 Å². The van der Waals surface area contributed by atoms with Crippen LogP contribution in [0.15, 0.2) is 29.2 Å². The van der Waals surface area contributed by atoms with Crippen molar-refractivity contribution in [1.29, 1.82) is 0 Å². The van der Waals surface area contributed by atoms with Gasteiger partial charge in [0.25, 0.3) is 0 Å².